The van der Waals surface area contributed by atoms with Gasteiger partial charge in [0, 0.05) is 23.6 Å². The minimum Gasteiger partial charge on any atom is -0.497 e. The van der Waals surface area contributed by atoms with Gasteiger partial charge in [-0.15, -0.1) is 0 Å². The third kappa shape index (κ3) is 3.31. The lowest BCUT2D eigenvalue weighted by atomic mass is 10.1. The number of aromatic nitrogens is 1. The quantitative estimate of drug-likeness (QED) is 0.482. The number of carbonyl (C=O) groups excluding carboxylic acids is 1. The molecule has 0 saturated carbocycles. The van der Waals surface area contributed by atoms with Crippen LogP contribution in [0.1, 0.15) is 6.92 Å². The van der Waals surface area contributed by atoms with Gasteiger partial charge in [0.1, 0.15) is 18.1 Å². The van der Waals surface area contributed by atoms with Crippen molar-refractivity contribution in [3.05, 3.63) is 42.5 Å². The van der Waals surface area contributed by atoms with Crippen molar-refractivity contribution in [3.8, 4) is 22.8 Å². The highest BCUT2D eigenvalue weighted by molar-refractivity contribution is 6.01. The van der Waals surface area contributed by atoms with Gasteiger partial charge in [-0.3, -0.25) is 4.79 Å². The molecule has 2 aromatic carbocycles. The largest absolute Gasteiger partial charge is 0.497 e. The second-order valence-corrected chi connectivity index (χ2v) is 5.83. The summed E-state index contributed by atoms with van der Waals surface area (Å²) in [5, 5.41) is 3.58. The lowest BCUT2D eigenvalue weighted by Crippen LogP contribution is -2.18. The second-order valence-electron chi connectivity index (χ2n) is 5.83. The van der Waals surface area contributed by atoms with Gasteiger partial charge >= 0.3 is 0 Å². The van der Waals surface area contributed by atoms with E-state index in [1.165, 1.54) is 0 Å². The van der Waals surface area contributed by atoms with Gasteiger partial charge in [0.25, 0.3) is 0 Å². The van der Waals surface area contributed by atoms with Crippen LogP contribution >= 0.6 is 0 Å². The number of anilines is 1. The number of nitrogens with two attached hydrogens (primary N) is 1. The lowest BCUT2D eigenvalue weighted by molar-refractivity contribution is -0.109. The van der Waals surface area contributed by atoms with Crippen molar-refractivity contribution in [2.45, 2.75) is 13.5 Å². The highest BCUT2D eigenvalue weighted by Crippen LogP contribution is 2.38. The summed E-state index contributed by atoms with van der Waals surface area (Å²) in [6, 6.07) is 13.7. The van der Waals surface area contributed by atoms with Crippen LogP contribution in [0.3, 0.4) is 0 Å². The molecule has 1 amide bonds. The summed E-state index contributed by atoms with van der Waals surface area (Å²) in [4.78, 5) is 10.2. The number of aryl methyl sites for hydroxylation is 1. The average molecular weight is 353 g/mol. The van der Waals surface area contributed by atoms with E-state index in [2.05, 4.69) is 16.8 Å². The Balaban J connectivity index is 1.94. The molecular weight excluding hydrogens is 330 g/mol. The Bertz CT molecular complexity index is 901. The third-order valence-corrected chi connectivity index (χ3v) is 4.35. The van der Waals surface area contributed by atoms with E-state index in [1.54, 1.807) is 7.11 Å². The van der Waals surface area contributed by atoms with Crippen LogP contribution in [0.2, 0.25) is 0 Å². The van der Waals surface area contributed by atoms with Gasteiger partial charge < -0.3 is 25.1 Å². The van der Waals surface area contributed by atoms with Crippen molar-refractivity contribution in [2.24, 2.45) is 0 Å². The Labute approximate surface area is 152 Å². The van der Waals surface area contributed by atoms with Gasteiger partial charge in [-0.25, -0.2) is 0 Å². The zero-order valence-corrected chi connectivity index (χ0v) is 15.0. The summed E-state index contributed by atoms with van der Waals surface area (Å²) >= 11 is 0. The molecule has 0 aliphatic heterocycles. The van der Waals surface area contributed by atoms with Gasteiger partial charge in [0.15, 0.2) is 0 Å². The van der Waals surface area contributed by atoms with E-state index in [0.29, 0.717) is 19.6 Å². The summed E-state index contributed by atoms with van der Waals surface area (Å²) in [5.74, 6) is 1.56. The predicted molar refractivity (Wildman–Crippen MR) is 104 cm³/mol. The number of nitrogens with one attached hydrogen (secondary N) is 1. The Morgan fingerprint density at radius 1 is 1.15 bits per heavy atom. The molecule has 6 heteroatoms. The van der Waals surface area contributed by atoms with E-state index in [0.717, 1.165) is 45.9 Å². The molecule has 3 N–H and O–H groups in total. The first kappa shape index (κ1) is 17.7. The molecule has 136 valence electrons. The molecule has 0 unspecified atom stereocenters. The first-order chi connectivity index (χ1) is 12.7. The number of hydrogen-bond donors (Lipinski definition) is 2. The first-order valence-electron chi connectivity index (χ1n) is 8.55. The van der Waals surface area contributed by atoms with Gasteiger partial charge in [0.05, 0.1) is 30.6 Å². The zero-order valence-electron chi connectivity index (χ0n) is 15.0. The van der Waals surface area contributed by atoms with Crippen molar-refractivity contribution in [3.63, 3.8) is 0 Å². The third-order valence-electron chi connectivity index (χ3n) is 4.35. The fourth-order valence-corrected chi connectivity index (χ4v) is 3.12. The maximum atomic E-state index is 10.2. The number of nitrogens with zero attached hydrogens (tertiary/aromatic N) is 1. The van der Waals surface area contributed by atoms with Crippen LogP contribution in [0, 0.1) is 0 Å². The fraction of sp³-hybridized carbons (Fsp3) is 0.250. The van der Waals surface area contributed by atoms with E-state index in [4.69, 9.17) is 15.2 Å². The molecule has 0 aliphatic rings. The number of carbonyl (C=O) groups is 1. The first-order valence-corrected chi connectivity index (χ1v) is 8.55. The van der Waals surface area contributed by atoms with Crippen LogP contribution in [0.4, 0.5) is 5.69 Å². The molecule has 1 aromatic heterocycles. The SMILES string of the molecule is CCn1c(-c2ccc(OCCNC=O)cc2)c(N)c2ccc(OC)cc21. The molecule has 26 heavy (non-hydrogen) atoms. The van der Waals surface area contributed by atoms with Gasteiger partial charge in [-0.1, -0.05) is 0 Å². The number of ether oxygens (including phenoxy) is 2. The van der Waals surface area contributed by atoms with Gasteiger partial charge in [0.2, 0.25) is 6.41 Å². The summed E-state index contributed by atoms with van der Waals surface area (Å²) < 4.78 is 13.1. The summed E-state index contributed by atoms with van der Waals surface area (Å²) in [6.45, 7) is 3.80. The monoisotopic (exact) mass is 353 g/mol. The molecule has 0 aliphatic carbocycles. The number of nitrogen functional groups attached to an aromatic ring is 1. The number of amides is 1. The zero-order chi connectivity index (χ0) is 18.5. The molecule has 0 saturated heterocycles. The molecule has 0 bridgehead atoms. The highest BCUT2D eigenvalue weighted by atomic mass is 16.5. The molecule has 1 heterocycles. The van der Waals surface area contributed by atoms with Crippen LogP contribution in [0.5, 0.6) is 11.5 Å². The average Bonchev–Trinajstić information content (AvgIpc) is 2.97. The molecule has 3 rings (SSSR count). The topological polar surface area (TPSA) is 78.5 Å². The number of benzene rings is 2. The van der Waals surface area contributed by atoms with Gasteiger partial charge in [-0.2, -0.15) is 0 Å². The minimum absolute atomic E-state index is 0.426. The number of rotatable bonds is 8. The molecule has 0 radical (unpaired) electrons. The van der Waals surface area contributed by atoms with Crippen molar-refractivity contribution in [1.82, 2.24) is 9.88 Å². The molecule has 0 fully saturated rings. The van der Waals surface area contributed by atoms with E-state index in [9.17, 15) is 4.79 Å². The summed E-state index contributed by atoms with van der Waals surface area (Å²) in [5.41, 5.74) is 10.3. The van der Waals surface area contributed by atoms with Gasteiger partial charge in [-0.05, 0) is 43.3 Å². The number of methoxy groups -OCH3 is 1. The molecule has 0 spiro atoms. The van der Waals surface area contributed by atoms with Crippen LogP contribution in [0.15, 0.2) is 42.5 Å². The van der Waals surface area contributed by atoms with Crippen LogP contribution in [-0.2, 0) is 11.3 Å². The van der Waals surface area contributed by atoms with Crippen LogP contribution < -0.4 is 20.5 Å². The lowest BCUT2D eigenvalue weighted by Gasteiger charge is -2.11. The smallest absolute Gasteiger partial charge is 0.207 e. The Morgan fingerprint density at radius 2 is 1.88 bits per heavy atom. The van der Waals surface area contributed by atoms with E-state index >= 15 is 0 Å². The van der Waals surface area contributed by atoms with E-state index in [1.807, 2.05) is 42.5 Å². The fourth-order valence-electron chi connectivity index (χ4n) is 3.12. The number of fused-ring (bicyclic) bond motifs is 1. The molecule has 6 nitrogen and oxygen atoms in total. The Morgan fingerprint density at radius 3 is 2.54 bits per heavy atom. The molecule has 0 atom stereocenters. The summed E-state index contributed by atoms with van der Waals surface area (Å²) in [6.07, 6.45) is 0.661. The maximum Gasteiger partial charge on any atom is 0.207 e. The molecular formula is C20H23N3O3. The van der Waals surface area contributed by atoms with Crippen LogP contribution in [0.25, 0.3) is 22.2 Å². The molecule has 3 aromatic rings. The van der Waals surface area contributed by atoms with Crippen molar-refractivity contribution in [1.29, 1.82) is 0 Å². The highest BCUT2D eigenvalue weighted by Gasteiger charge is 2.16. The maximum absolute atomic E-state index is 10.2. The van der Waals surface area contributed by atoms with Crippen molar-refractivity contribution >= 4 is 23.0 Å². The normalized spacial score (nSPS) is 10.7. The van der Waals surface area contributed by atoms with Crippen molar-refractivity contribution in [2.75, 3.05) is 26.0 Å². The van der Waals surface area contributed by atoms with E-state index in [-0.39, 0.29) is 0 Å². The summed E-state index contributed by atoms with van der Waals surface area (Å²) in [7, 11) is 1.66. The second kappa shape index (κ2) is 7.82. The number of hydrogen-bond acceptors (Lipinski definition) is 4. The van der Waals surface area contributed by atoms with Crippen LogP contribution in [-0.4, -0.2) is 31.2 Å². The standard InChI is InChI=1S/C20H23N3O3/c1-3-23-18-12-16(25-2)8-9-17(18)19(21)20(23)14-4-6-15(7-5-14)26-11-10-22-13-24/h4-9,12-13H,3,10-11,21H2,1-2H3,(H,22,24). The van der Waals surface area contributed by atoms with E-state index < -0.39 is 0 Å². The minimum atomic E-state index is 0.426. The Kier molecular flexibility index (Phi) is 5.31. The predicted octanol–water partition coefficient (Wildman–Crippen LogP) is 3.04. The Hall–Kier alpha value is -3.15. The van der Waals surface area contributed by atoms with Crippen molar-refractivity contribution < 1.29 is 14.3 Å².